The Morgan fingerprint density at radius 3 is 2.31 bits per heavy atom. The van der Waals surface area contributed by atoms with Gasteiger partial charge < -0.3 is 4.74 Å². The molecular formula is C24H22N4O4. The van der Waals surface area contributed by atoms with Crippen LogP contribution in [0.1, 0.15) is 25.3 Å². The molecule has 162 valence electrons. The first kappa shape index (κ1) is 21.0. The summed E-state index contributed by atoms with van der Waals surface area (Å²) in [5, 5.41) is 8.86. The molecule has 4 rings (SSSR count). The van der Waals surface area contributed by atoms with Crippen molar-refractivity contribution in [2.75, 3.05) is 6.61 Å². The zero-order valence-corrected chi connectivity index (χ0v) is 17.5. The van der Waals surface area contributed by atoms with Gasteiger partial charge in [0.2, 0.25) is 0 Å². The number of aromatic nitrogens is 2. The fourth-order valence-electron chi connectivity index (χ4n) is 3.24. The van der Waals surface area contributed by atoms with Crippen molar-refractivity contribution in [3.8, 4) is 22.7 Å². The van der Waals surface area contributed by atoms with E-state index in [1.165, 1.54) is 6.08 Å². The number of carbonyl (C=O) groups excluding carboxylic acids is 3. The number of carbonyl (C=O) groups is 3. The topological polar surface area (TPSA) is 102 Å². The largest absolute Gasteiger partial charge is 0.494 e. The maximum Gasteiger partial charge on any atom is 0.328 e. The van der Waals surface area contributed by atoms with Crippen LogP contribution in [0, 0.1) is 0 Å². The molecule has 32 heavy (non-hydrogen) atoms. The lowest BCUT2D eigenvalue weighted by Gasteiger charge is -2.13. The van der Waals surface area contributed by atoms with Gasteiger partial charge in [0.25, 0.3) is 11.8 Å². The number of ether oxygens (including phenoxy) is 1. The lowest BCUT2D eigenvalue weighted by molar-refractivity contribution is -0.123. The fraction of sp³-hybridized carbons (Fsp3) is 0.167. The quantitative estimate of drug-likeness (QED) is 0.339. The molecule has 1 aromatic heterocycles. The van der Waals surface area contributed by atoms with Crippen LogP contribution in [0.3, 0.4) is 0 Å². The highest BCUT2D eigenvalue weighted by atomic mass is 16.5. The van der Waals surface area contributed by atoms with E-state index in [1.807, 2.05) is 54.6 Å². The van der Waals surface area contributed by atoms with Gasteiger partial charge in [-0.1, -0.05) is 31.5 Å². The molecule has 1 aliphatic heterocycles. The predicted molar refractivity (Wildman–Crippen MR) is 119 cm³/mol. The van der Waals surface area contributed by atoms with Gasteiger partial charge in [-0.05, 0) is 48.9 Å². The van der Waals surface area contributed by atoms with Crippen LogP contribution < -0.4 is 15.4 Å². The Morgan fingerprint density at radius 1 is 0.969 bits per heavy atom. The monoisotopic (exact) mass is 430 g/mol. The van der Waals surface area contributed by atoms with Crippen molar-refractivity contribution in [1.82, 2.24) is 20.4 Å². The van der Waals surface area contributed by atoms with Crippen molar-refractivity contribution < 1.29 is 19.1 Å². The molecule has 0 aliphatic carbocycles. The van der Waals surface area contributed by atoms with E-state index in [0.717, 1.165) is 29.8 Å². The Hall–Kier alpha value is -4.20. The van der Waals surface area contributed by atoms with Crippen LogP contribution >= 0.6 is 0 Å². The molecule has 4 amide bonds. The molecule has 0 atom stereocenters. The van der Waals surface area contributed by atoms with Crippen LogP contribution in [-0.4, -0.2) is 34.2 Å². The minimum atomic E-state index is -0.837. The molecule has 1 fully saturated rings. The average molecular weight is 430 g/mol. The molecule has 2 N–H and O–H groups in total. The number of nitrogens with zero attached hydrogens (tertiary/aromatic N) is 2. The van der Waals surface area contributed by atoms with Gasteiger partial charge in [0.15, 0.2) is 0 Å². The standard InChI is InChI=1S/C24H22N4O4/c1-2-3-13-32-19-11-9-16(10-12-19)21-17(14-20-22(29)25-24(31)26-23(20)30)15-28(27-21)18-7-5-4-6-8-18/h4-12,14-15H,2-3,13H2,1H3,(H2,25,26,29,30,31). The Kier molecular flexibility index (Phi) is 6.12. The van der Waals surface area contributed by atoms with Gasteiger partial charge in [-0.15, -0.1) is 0 Å². The van der Waals surface area contributed by atoms with Gasteiger partial charge in [-0.25, -0.2) is 9.48 Å². The van der Waals surface area contributed by atoms with Crippen LogP contribution in [0.2, 0.25) is 0 Å². The predicted octanol–water partition coefficient (Wildman–Crippen LogP) is 3.47. The number of urea groups is 1. The van der Waals surface area contributed by atoms with Gasteiger partial charge >= 0.3 is 6.03 Å². The highest BCUT2D eigenvalue weighted by Gasteiger charge is 2.28. The van der Waals surface area contributed by atoms with Crippen molar-refractivity contribution in [2.24, 2.45) is 0 Å². The Bertz CT molecular complexity index is 1160. The number of hydrogen-bond donors (Lipinski definition) is 2. The molecule has 0 saturated carbocycles. The first-order valence-electron chi connectivity index (χ1n) is 10.3. The summed E-state index contributed by atoms with van der Waals surface area (Å²) in [7, 11) is 0. The second-order valence-electron chi connectivity index (χ2n) is 7.23. The maximum atomic E-state index is 12.2. The van der Waals surface area contributed by atoms with E-state index >= 15 is 0 Å². The van der Waals surface area contributed by atoms with E-state index < -0.39 is 17.8 Å². The van der Waals surface area contributed by atoms with E-state index in [4.69, 9.17) is 4.74 Å². The summed E-state index contributed by atoms with van der Waals surface area (Å²) >= 11 is 0. The molecule has 2 heterocycles. The van der Waals surface area contributed by atoms with Gasteiger partial charge in [0.1, 0.15) is 11.3 Å². The molecule has 1 saturated heterocycles. The normalized spacial score (nSPS) is 13.5. The fourth-order valence-corrected chi connectivity index (χ4v) is 3.24. The Labute approximate surface area is 184 Å². The minimum Gasteiger partial charge on any atom is -0.494 e. The summed E-state index contributed by atoms with van der Waals surface area (Å²) in [4.78, 5) is 35.8. The molecule has 8 nitrogen and oxygen atoms in total. The number of para-hydroxylation sites is 1. The molecule has 0 radical (unpaired) electrons. The van der Waals surface area contributed by atoms with E-state index in [2.05, 4.69) is 22.7 Å². The molecule has 0 bridgehead atoms. The van der Waals surface area contributed by atoms with Crippen LogP contribution in [0.15, 0.2) is 66.4 Å². The van der Waals surface area contributed by atoms with Crippen LogP contribution in [0.25, 0.3) is 23.0 Å². The van der Waals surface area contributed by atoms with Crippen molar-refractivity contribution >= 4 is 23.9 Å². The van der Waals surface area contributed by atoms with Gasteiger partial charge in [0.05, 0.1) is 18.0 Å². The number of rotatable bonds is 7. The Balaban J connectivity index is 1.73. The highest BCUT2D eigenvalue weighted by molar-refractivity contribution is 6.31. The molecule has 8 heteroatoms. The number of benzene rings is 2. The second-order valence-corrected chi connectivity index (χ2v) is 7.23. The lowest BCUT2D eigenvalue weighted by atomic mass is 10.0. The van der Waals surface area contributed by atoms with Crippen LogP contribution in [0.4, 0.5) is 4.79 Å². The summed E-state index contributed by atoms with van der Waals surface area (Å²) < 4.78 is 7.40. The van der Waals surface area contributed by atoms with Gasteiger partial charge in [0, 0.05) is 17.3 Å². The molecular weight excluding hydrogens is 408 g/mol. The van der Waals surface area contributed by atoms with E-state index in [-0.39, 0.29) is 5.57 Å². The number of nitrogens with one attached hydrogen (secondary N) is 2. The number of barbiturate groups is 1. The molecule has 3 aromatic rings. The third kappa shape index (κ3) is 4.59. The first-order chi connectivity index (χ1) is 15.5. The molecule has 1 aliphatic rings. The van der Waals surface area contributed by atoms with Crippen LogP contribution in [-0.2, 0) is 9.59 Å². The maximum absolute atomic E-state index is 12.2. The molecule has 0 unspecified atom stereocenters. The summed E-state index contributed by atoms with van der Waals surface area (Å²) in [6, 6.07) is 16.1. The molecule has 0 spiro atoms. The number of unbranched alkanes of at least 4 members (excludes halogenated alkanes) is 1. The van der Waals surface area contributed by atoms with Crippen LogP contribution in [0.5, 0.6) is 5.75 Å². The number of imide groups is 2. The third-order valence-electron chi connectivity index (χ3n) is 4.90. The lowest BCUT2D eigenvalue weighted by Crippen LogP contribution is -2.51. The first-order valence-corrected chi connectivity index (χ1v) is 10.3. The second kappa shape index (κ2) is 9.30. The zero-order valence-electron chi connectivity index (χ0n) is 17.5. The van der Waals surface area contributed by atoms with E-state index in [9.17, 15) is 14.4 Å². The van der Waals surface area contributed by atoms with Crippen molar-refractivity contribution in [2.45, 2.75) is 19.8 Å². The van der Waals surface area contributed by atoms with Crippen molar-refractivity contribution in [3.05, 3.63) is 71.9 Å². The third-order valence-corrected chi connectivity index (χ3v) is 4.90. The van der Waals surface area contributed by atoms with E-state index in [0.29, 0.717) is 17.9 Å². The Morgan fingerprint density at radius 2 is 1.66 bits per heavy atom. The SMILES string of the molecule is CCCCOc1ccc(-c2nn(-c3ccccc3)cc2C=C2C(=O)NC(=O)NC2=O)cc1. The number of amides is 4. The van der Waals surface area contributed by atoms with Crippen molar-refractivity contribution in [1.29, 1.82) is 0 Å². The summed E-state index contributed by atoms with van der Waals surface area (Å²) in [6.07, 6.45) is 5.21. The van der Waals surface area contributed by atoms with Gasteiger partial charge in [-0.3, -0.25) is 20.2 Å². The van der Waals surface area contributed by atoms with Gasteiger partial charge in [-0.2, -0.15) is 5.10 Å². The van der Waals surface area contributed by atoms with Crippen molar-refractivity contribution in [3.63, 3.8) is 0 Å². The average Bonchev–Trinajstić information content (AvgIpc) is 3.21. The minimum absolute atomic E-state index is 0.169. The summed E-state index contributed by atoms with van der Waals surface area (Å²) in [5.74, 6) is -0.747. The molecule has 2 aromatic carbocycles. The smallest absolute Gasteiger partial charge is 0.328 e. The number of hydrogen-bond acceptors (Lipinski definition) is 5. The zero-order chi connectivity index (χ0) is 22.5. The highest BCUT2D eigenvalue weighted by Crippen LogP contribution is 2.28. The summed E-state index contributed by atoms with van der Waals surface area (Å²) in [5.41, 5.74) is 2.59. The van der Waals surface area contributed by atoms with E-state index in [1.54, 1.807) is 10.9 Å². The summed E-state index contributed by atoms with van der Waals surface area (Å²) in [6.45, 7) is 2.76.